The van der Waals surface area contributed by atoms with Crippen molar-refractivity contribution in [2.45, 2.75) is 19.6 Å². The smallest absolute Gasteiger partial charge is 0.346 e. The largest absolute Gasteiger partial charge is 0.479 e. The molecule has 1 heterocycles. The predicted octanol–water partition coefficient (Wildman–Crippen LogP) is 1.47. The number of methoxy groups -OCH3 is 1. The lowest BCUT2D eigenvalue weighted by molar-refractivity contribution is -0.147. The molecule has 0 saturated carbocycles. The Bertz CT molecular complexity index is 515. The summed E-state index contributed by atoms with van der Waals surface area (Å²) in [7, 11) is 1.32. The van der Waals surface area contributed by atoms with Crippen molar-refractivity contribution in [3.63, 3.8) is 0 Å². The van der Waals surface area contributed by atoms with Crippen molar-refractivity contribution in [3.8, 4) is 5.75 Å². The van der Waals surface area contributed by atoms with Crippen molar-refractivity contribution in [2.75, 3.05) is 7.11 Å². The minimum absolute atomic E-state index is 0.0676. The van der Waals surface area contributed by atoms with Gasteiger partial charge in [0, 0.05) is 10.1 Å². The Morgan fingerprint density at radius 2 is 2.22 bits per heavy atom. The van der Waals surface area contributed by atoms with E-state index < -0.39 is 12.1 Å². The lowest BCUT2D eigenvalue weighted by Crippen LogP contribution is -2.25. The number of benzene rings is 1. The van der Waals surface area contributed by atoms with Crippen LogP contribution in [-0.4, -0.2) is 25.1 Å². The van der Waals surface area contributed by atoms with Gasteiger partial charge in [0.1, 0.15) is 5.75 Å². The third kappa shape index (κ3) is 2.43. The zero-order valence-electron chi connectivity index (χ0n) is 9.95. The second-order valence-corrected chi connectivity index (χ2v) is 5.07. The highest BCUT2D eigenvalue weighted by molar-refractivity contribution is 14.1. The molecule has 0 unspecified atom stereocenters. The number of nitrogens with one attached hydrogen (secondary N) is 1. The van der Waals surface area contributed by atoms with Crippen molar-refractivity contribution in [1.82, 2.24) is 5.32 Å². The van der Waals surface area contributed by atoms with Crippen molar-refractivity contribution in [2.24, 2.45) is 0 Å². The summed E-state index contributed by atoms with van der Waals surface area (Å²) in [6.45, 7) is 2.11. The molecule has 1 atom stereocenters. The normalized spacial score (nSPS) is 14.7. The van der Waals surface area contributed by atoms with Crippen LogP contribution >= 0.6 is 22.6 Å². The number of carbonyl (C=O) groups excluding carboxylic acids is 2. The molecule has 0 fully saturated rings. The minimum Gasteiger partial charge on any atom is -0.479 e. The van der Waals surface area contributed by atoms with Crippen LogP contribution in [0.25, 0.3) is 0 Å². The average Bonchev–Trinajstić information content (AvgIpc) is 2.70. The summed E-state index contributed by atoms with van der Waals surface area (Å²) in [5, 5.41) is 2.75. The van der Waals surface area contributed by atoms with Crippen LogP contribution < -0.4 is 10.1 Å². The van der Waals surface area contributed by atoms with Crippen molar-refractivity contribution in [3.05, 3.63) is 26.8 Å². The second kappa shape index (κ2) is 5.13. The molecule has 0 aliphatic carbocycles. The highest BCUT2D eigenvalue weighted by Gasteiger charge is 2.24. The highest BCUT2D eigenvalue weighted by atomic mass is 127. The SMILES string of the molecule is COC(=O)[C@@H](C)Oc1cc(I)c2c(c1)CNC2=O. The van der Waals surface area contributed by atoms with Crippen LogP contribution in [0.2, 0.25) is 0 Å². The number of esters is 1. The number of hydrogen-bond acceptors (Lipinski definition) is 4. The summed E-state index contributed by atoms with van der Waals surface area (Å²) >= 11 is 2.08. The molecule has 1 aliphatic heterocycles. The zero-order chi connectivity index (χ0) is 13.3. The number of hydrogen-bond donors (Lipinski definition) is 1. The van der Waals surface area contributed by atoms with E-state index in [1.54, 1.807) is 19.1 Å². The zero-order valence-corrected chi connectivity index (χ0v) is 12.1. The molecular formula is C12H12INO4. The Kier molecular flexibility index (Phi) is 3.74. The first-order valence-corrected chi connectivity index (χ1v) is 6.46. The van der Waals surface area contributed by atoms with Gasteiger partial charge in [0.2, 0.25) is 0 Å². The summed E-state index contributed by atoms with van der Waals surface area (Å²) in [5.41, 5.74) is 1.58. The number of ether oxygens (including phenoxy) is 2. The van der Waals surface area contributed by atoms with Gasteiger partial charge < -0.3 is 14.8 Å². The van der Waals surface area contributed by atoms with Crippen molar-refractivity contribution in [1.29, 1.82) is 0 Å². The third-order valence-electron chi connectivity index (χ3n) is 2.66. The Hall–Kier alpha value is -1.31. The van der Waals surface area contributed by atoms with E-state index in [4.69, 9.17) is 4.74 Å². The molecule has 5 nitrogen and oxygen atoms in total. The molecular weight excluding hydrogens is 349 g/mol. The molecule has 1 aliphatic rings. The molecule has 0 radical (unpaired) electrons. The van der Waals surface area contributed by atoms with E-state index in [-0.39, 0.29) is 5.91 Å². The van der Waals surface area contributed by atoms with Gasteiger partial charge in [-0.1, -0.05) is 0 Å². The van der Waals surface area contributed by atoms with E-state index in [0.29, 0.717) is 17.9 Å². The first kappa shape index (κ1) is 13.1. The Balaban J connectivity index is 2.24. The fourth-order valence-electron chi connectivity index (χ4n) is 1.78. The molecule has 0 bridgehead atoms. The fraction of sp³-hybridized carbons (Fsp3) is 0.333. The molecule has 96 valence electrons. The molecule has 2 rings (SSSR count). The van der Waals surface area contributed by atoms with Crippen LogP contribution in [0, 0.1) is 3.57 Å². The third-order valence-corrected chi connectivity index (χ3v) is 3.51. The molecule has 1 amide bonds. The predicted molar refractivity (Wildman–Crippen MR) is 72.4 cm³/mol. The Labute approximate surface area is 118 Å². The summed E-state index contributed by atoms with van der Waals surface area (Å²) in [5.74, 6) is 0.0641. The summed E-state index contributed by atoms with van der Waals surface area (Å²) in [6.07, 6.45) is -0.672. The van der Waals surface area contributed by atoms with Gasteiger partial charge in [0.15, 0.2) is 6.10 Å². The lowest BCUT2D eigenvalue weighted by atomic mass is 10.1. The maximum absolute atomic E-state index is 11.5. The van der Waals surface area contributed by atoms with Crippen LogP contribution in [-0.2, 0) is 16.1 Å². The maximum atomic E-state index is 11.5. The molecule has 0 aromatic heterocycles. The highest BCUT2D eigenvalue weighted by Crippen LogP contribution is 2.28. The van der Waals surface area contributed by atoms with Gasteiger partial charge in [-0.05, 0) is 47.2 Å². The van der Waals surface area contributed by atoms with Crippen molar-refractivity contribution < 1.29 is 19.1 Å². The number of rotatable bonds is 3. The van der Waals surface area contributed by atoms with Gasteiger partial charge in [-0.3, -0.25) is 4.79 Å². The number of carbonyl (C=O) groups is 2. The summed E-state index contributed by atoms with van der Waals surface area (Å²) in [4.78, 5) is 22.8. The van der Waals surface area contributed by atoms with E-state index in [9.17, 15) is 9.59 Å². The number of fused-ring (bicyclic) bond motifs is 1. The summed E-state index contributed by atoms with van der Waals surface area (Å²) < 4.78 is 10.9. The molecule has 0 saturated heterocycles. The summed E-state index contributed by atoms with van der Waals surface area (Å²) in [6, 6.07) is 3.51. The Morgan fingerprint density at radius 1 is 1.50 bits per heavy atom. The number of halogens is 1. The van der Waals surface area contributed by atoms with Crippen LogP contribution in [0.3, 0.4) is 0 Å². The molecule has 1 aromatic rings. The van der Waals surface area contributed by atoms with Crippen LogP contribution in [0.5, 0.6) is 5.75 Å². The van der Waals surface area contributed by atoms with Crippen molar-refractivity contribution >= 4 is 34.5 Å². The molecule has 6 heteroatoms. The first-order chi connectivity index (χ1) is 8.52. The van der Waals surface area contributed by atoms with Gasteiger partial charge in [-0.2, -0.15) is 0 Å². The van der Waals surface area contributed by atoms with Gasteiger partial charge in [-0.15, -0.1) is 0 Å². The fourth-order valence-corrected chi connectivity index (χ4v) is 2.68. The van der Waals surface area contributed by atoms with E-state index in [1.165, 1.54) is 7.11 Å². The van der Waals surface area contributed by atoms with Gasteiger partial charge in [0.05, 0.1) is 12.7 Å². The second-order valence-electron chi connectivity index (χ2n) is 3.91. The monoisotopic (exact) mass is 361 g/mol. The molecule has 18 heavy (non-hydrogen) atoms. The Morgan fingerprint density at radius 3 is 2.89 bits per heavy atom. The number of amides is 1. The first-order valence-electron chi connectivity index (χ1n) is 5.38. The van der Waals surface area contributed by atoms with Crippen LogP contribution in [0.4, 0.5) is 0 Å². The topological polar surface area (TPSA) is 64.6 Å². The quantitative estimate of drug-likeness (QED) is 0.654. The minimum atomic E-state index is -0.672. The van der Waals surface area contributed by atoms with E-state index >= 15 is 0 Å². The molecule has 1 aromatic carbocycles. The van der Waals surface area contributed by atoms with Gasteiger partial charge in [-0.25, -0.2) is 4.79 Å². The van der Waals surface area contributed by atoms with Gasteiger partial charge in [0.25, 0.3) is 5.91 Å². The molecule has 1 N–H and O–H groups in total. The van der Waals surface area contributed by atoms with Crippen LogP contribution in [0.15, 0.2) is 12.1 Å². The average molecular weight is 361 g/mol. The van der Waals surface area contributed by atoms with E-state index in [1.807, 2.05) is 0 Å². The van der Waals surface area contributed by atoms with E-state index in [2.05, 4.69) is 32.6 Å². The standard InChI is InChI=1S/C12H12INO4/c1-6(12(16)17-2)18-8-3-7-5-14-11(15)10(7)9(13)4-8/h3-4,6H,5H2,1-2H3,(H,14,15)/t6-/m1/s1. The lowest BCUT2D eigenvalue weighted by Gasteiger charge is -2.13. The maximum Gasteiger partial charge on any atom is 0.346 e. The van der Waals surface area contributed by atoms with Crippen LogP contribution in [0.1, 0.15) is 22.8 Å². The molecule has 0 spiro atoms. The van der Waals surface area contributed by atoms with Gasteiger partial charge >= 0.3 is 5.97 Å². The van der Waals surface area contributed by atoms with E-state index in [0.717, 1.165) is 9.13 Å².